The molecule has 0 aliphatic heterocycles. The summed E-state index contributed by atoms with van der Waals surface area (Å²) in [6.45, 7) is 4.31. The van der Waals surface area contributed by atoms with E-state index in [1.54, 1.807) is 12.1 Å². The molecule has 0 unspecified atom stereocenters. The summed E-state index contributed by atoms with van der Waals surface area (Å²) in [5.74, 6) is 0.332. The number of aromatic hydroxyl groups is 1. The summed E-state index contributed by atoms with van der Waals surface area (Å²) in [5.41, 5.74) is 0.293. The molecule has 3 heteroatoms. The number of Topliss-reactive ketones (excluding diaryl/α,β-unsaturated/α-hetero) is 1. The molecule has 0 aliphatic carbocycles. The topological polar surface area (TPSA) is 46.5 Å². The standard InChI is InChI=1S/C22H36O3/c1-3-4-5-6-7-8-9-10-11-12-13-14-18-25-21-17-15-16-20(24)22(21)19(2)23/h15-17,24H,3-14,18H2,1-2H3. The zero-order chi connectivity index (χ0) is 18.3. The van der Waals surface area contributed by atoms with E-state index in [-0.39, 0.29) is 11.5 Å². The third kappa shape index (κ3) is 9.52. The van der Waals surface area contributed by atoms with Crippen molar-refractivity contribution >= 4 is 5.78 Å². The molecule has 1 N–H and O–H groups in total. The van der Waals surface area contributed by atoms with Gasteiger partial charge in [-0.1, -0.05) is 83.6 Å². The van der Waals surface area contributed by atoms with Crippen molar-refractivity contribution in [2.24, 2.45) is 0 Å². The van der Waals surface area contributed by atoms with Crippen LogP contribution in [-0.4, -0.2) is 17.5 Å². The minimum absolute atomic E-state index is 0.000283. The number of ether oxygens (including phenoxy) is 1. The fraction of sp³-hybridized carbons (Fsp3) is 0.682. The summed E-state index contributed by atoms with van der Waals surface area (Å²) in [7, 11) is 0. The molecular weight excluding hydrogens is 312 g/mol. The van der Waals surface area contributed by atoms with E-state index >= 15 is 0 Å². The average molecular weight is 349 g/mol. The summed E-state index contributed by atoms with van der Waals surface area (Å²) >= 11 is 0. The second kappa shape index (κ2) is 13.7. The molecule has 0 aliphatic rings. The SMILES string of the molecule is CCCCCCCCCCCCCCOc1cccc(O)c1C(C)=O. The van der Waals surface area contributed by atoms with Gasteiger partial charge in [0.15, 0.2) is 5.78 Å². The van der Waals surface area contributed by atoms with Gasteiger partial charge in [-0.05, 0) is 25.5 Å². The van der Waals surface area contributed by atoms with E-state index in [9.17, 15) is 9.90 Å². The highest BCUT2D eigenvalue weighted by molar-refractivity contribution is 5.99. The van der Waals surface area contributed by atoms with Crippen molar-refractivity contribution in [3.05, 3.63) is 23.8 Å². The van der Waals surface area contributed by atoms with Gasteiger partial charge in [-0.2, -0.15) is 0 Å². The number of hydrogen-bond donors (Lipinski definition) is 1. The lowest BCUT2D eigenvalue weighted by Gasteiger charge is -2.10. The van der Waals surface area contributed by atoms with E-state index in [0.29, 0.717) is 17.9 Å². The summed E-state index contributed by atoms with van der Waals surface area (Å²) in [5, 5.41) is 9.76. The molecule has 1 aromatic carbocycles. The molecule has 0 spiro atoms. The Morgan fingerprint density at radius 3 is 1.92 bits per heavy atom. The first-order valence-electron chi connectivity index (χ1n) is 10.1. The van der Waals surface area contributed by atoms with Crippen LogP contribution >= 0.6 is 0 Å². The first-order valence-corrected chi connectivity index (χ1v) is 10.1. The predicted molar refractivity (Wildman–Crippen MR) is 105 cm³/mol. The maximum atomic E-state index is 11.6. The Labute approximate surface area is 153 Å². The van der Waals surface area contributed by atoms with Crippen molar-refractivity contribution < 1.29 is 14.6 Å². The number of unbranched alkanes of at least 4 members (excludes halogenated alkanes) is 11. The fourth-order valence-electron chi connectivity index (χ4n) is 3.12. The summed E-state index contributed by atoms with van der Waals surface area (Å²) in [6, 6.07) is 4.98. The highest BCUT2D eigenvalue weighted by atomic mass is 16.5. The average Bonchev–Trinajstić information content (AvgIpc) is 2.58. The molecule has 0 radical (unpaired) electrons. The Bertz CT molecular complexity index is 482. The van der Waals surface area contributed by atoms with Gasteiger partial charge in [0.25, 0.3) is 0 Å². The van der Waals surface area contributed by atoms with Gasteiger partial charge in [0.2, 0.25) is 0 Å². The molecule has 1 rings (SSSR count). The van der Waals surface area contributed by atoms with Crippen LogP contribution in [0.15, 0.2) is 18.2 Å². The van der Waals surface area contributed by atoms with E-state index in [2.05, 4.69) is 6.92 Å². The third-order valence-electron chi connectivity index (χ3n) is 4.61. The van der Waals surface area contributed by atoms with Crippen LogP contribution in [0.25, 0.3) is 0 Å². The van der Waals surface area contributed by atoms with E-state index in [1.807, 2.05) is 0 Å². The Hall–Kier alpha value is -1.51. The maximum absolute atomic E-state index is 11.6. The molecule has 0 amide bonds. The van der Waals surface area contributed by atoms with Crippen LogP contribution in [0, 0.1) is 0 Å². The van der Waals surface area contributed by atoms with Gasteiger partial charge in [-0.3, -0.25) is 4.79 Å². The lowest BCUT2D eigenvalue weighted by atomic mass is 10.1. The number of benzene rings is 1. The van der Waals surface area contributed by atoms with Crippen molar-refractivity contribution in [1.29, 1.82) is 0 Å². The number of rotatable bonds is 15. The Kier molecular flexibility index (Phi) is 11.8. The van der Waals surface area contributed by atoms with Crippen LogP contribution in [0.5, 0.6) is 11.5 Å². The lowest BCUT2D eigenvalue weighted by molar-refractivity contribution is 0.101. The van der Waals surface area contributed by atoms with Crippen LogP contribution in [0.4, 0.5) is 0 Å². The van der Waals surface area contributed by atoms with Crippen molar-refractivity contribution in [1.82, 2.24) is 0 Å². The van der Waals surface area contributed by atoms with Crippen molar-refractivity contribution in [2.75, 3.05) is 6.61 Å². The van der Waals surface area contributed by atoms with Gasteiger partial charge in [0.05, 0.1) is 6.61 Å². The molecule has 0 atom stereocenters. The number of ketones is 1. The Morgan fingerprint density at radius 1 is 0.880 bits per heavy atom. The molecule has 25 heavy (non-hydrogen) atoms. The number of carbonyl (C=O) groups excluding carboxylic acids is 1. The Balaban J connectivity index is 2.01. The van der Waals surface area contributed by atoms with Crippen molar-refractivity contribution in [3.63, 3.8) is 0 Å². The molecular formula is C22H36O3. The van der Waals surface area contributed by atoms with Crippen LogP contribution < -0.4 is 4.74 Å². The largest absolute Gasteiger partial charge is 0.507 e. The number of hydrogen-bond acceptors (Lipinski definition) is 3. The van der Waals surface area contributed by atoms with Gasteiger partial charge in [-0.15, -0.1) is 0 Å². The first-order chi connectivity index (χ1) is 12.2. The van der Waals surface area contributed by atoms with Crippen molar-refractivity contribution in [3.8, 4) is 11.5 Å². The van der Waals surface area contributed by atoms with Crippen molar-refractivity contribution in [2.45, 2.75) is 90.9 Å². The van der Waals surface area contributed by atoms with Crippen LogP contribution in [0.3, 0.4) is 0 Å². The fourth-order valence-corrected chi connectivity index (χ4v) is 3.12. The zero-order valence-electron chi connectivity index (χ0n) is 16.2. The molecule has 0 heterocycles. The van der Waals surface area contributed by atoms with Gasteiger partial charge in [0, 0.05) is 0 Å². The van der Waals surface area contributed by atoms with Crippen LogP contribution in [-0.2, 0) is 0 Å². The Morgan fingerprint density at radius 2 is 1.40 bits per heavy atom. The quantitative estimate of drug-likeness (QED) is 0.284. The number of phenolic OH excluding ortho intramolecular Hbond substituents is 1. The third-order valence-corrected chi connectivity index (χ3v) is 4.61. The minimum atomic E-state index is -0.164. The first kappa shape index (κ1) is 21.5. The van der Waals surface area contributed by atoms with Gasteiger partial charge >= 0.3 is 0 Å². The normalized spacial score (nSPS) is 10.8. The van der Waals surface area contributed by atoms with Crippen LogP contribution in [0.1, 0.15) is 101 Å². The molecule has 0 fully saturated rings. The second-order valence-electron chi connectivity index (χ2n) is 6.94. The van der Waals surface area contributed by atoms with Crippen LogP contribution in [0.2, 0.25) is 0 Å². The molecule has 142 valence electrons. The summed E-state index contributed by atoms with van der Waals surface area (Å²) < 4.78 is 5.69. The molecule has 0 aromatic heterocycles. The zero-order valence-corrected chi connectivity index (χ0v) is 16.2. The molecule has 0 saturated carbocycles. The number of phenols is 1. The van der Waals surface area contributed by atoms with E-state index in [4.69, 9.17) is 4.74 Å². The summed E-state index contributed by atoms with van der Waals surface area (Å²) in [6.07, 6.45) is 15.7. The summed E-state index contributed by atoms with van der Waals surface area (Å²) in [4.78, 5) is 11.6. The van der Waals surface area contributed by atoms with Gasteiger partial charge in [0.1, 0.15) is 17.1 Å². The maximum Gasteiger partial charge on any atom is 0.167 e. The van der Waals surface area contributed by atoms with E-state index in [1.165, 1.54) is 77.2 Å². The molecule has 0 saturated heterocycles. The molecule has 3 nitrogen and oxygen atoms in total. The van der Waals surface area contributed by atoms with E-state index < -0.39 is 0 Å². The smallest absolute Gasteiger partial charge is 0.167 e. The molecule has 1 aromatic rings. The minimum Gasteiger partial charge on any atom is -0.507 e. The van der Waals surface area contributed by atoms with Gasteiger partial charge < -0.3 is 9.84 Å². The lowest BCUT2D eigenvalue weighted by Crippen LogP contribution is -2.03. The predicted octanol–water partition coefficient (Wildman–Crippen LogP) is 6.67. The highest BCUT2D eigenvalue weighted by Crippen LogP contribution is 2.28. The monoisotopic (exact) mass is 348 g/mol. The molecule has 0 bridgehead atoms. The van der Waals surface area contributed by atoms with Gasteiger partial charge in [-0.25, -0.2) is 0 Å². The highest BCUT2D eigenvalue weighted by Gasteiger charge is 2.13. The second-order valence-corrected chi connectivity index (χ2v) is 6.94. The number of carbonyl (C=O) groups is 1. The van der Waals surface area contributed by atoms with E-state index in [0.717, 1.165) is 12.8 Å².